The van der Waals surface area contributed by atoms with E-state index in [1.807, 2.05) is 13.8 Å². The smallest absolute Gasteiger partial charge is 0.252 e. The highest BCUT2D eigenvalue weighted by Gasteiger charge is 2.07. The quantitative estimate of drug-likeness (QED) is 0.763. The van der Waals surface area contributed by atoms with Crippen molar-refractivity contribution in [2.75, 3.05) is 13.1 Å². The first kappa shape index (κ1) is 17.5. The second-order valence-corrected chi connectivity index (χ2v) is 5.44. The lowest BCUT2D eigenvalue weighted by Crippen LogP contribution is -2.34. The summed E-state index contributed by atoms with van der Waals surface area (Å²) in [7, 11) is 0. The highest BCUT2D eigenvalue weighted by atomic mass is 16.5. The molecule has 24 heavy (non-hydrogen) atoms. The SMILES string of the molecule is CC(C)Oc1ccc(C(=O)NCCNC(=O)c2cccnc2)cc1. The van der Waals surface area contributed by atoms with Crippen LogP contribution in [0.1, 0.15) is 34.6 Å². The van der Waals surface area contributed by atoms with Crippen molar-refractivity contribution in [1.29, 1.82) is 0 Å². The zero-order valence-electron chi connectivity index (χ0n) is 13.8. The lowest BCUT2D eigenvalue weighted by atomic mass is 10.2. The Kier molecular flexibility index (Phi) is 6.31. The Balaban J connectivity index is 1.74. The average Bonchev–Trinajstić information content (AvgIpc) is 2.59. The van der Waals surface area contributed by atoms with E-state index in [1.165, 1.54) is 6.20 Å². The van der Waals surface area contributed by atoms with Gasteiger partial charge in [0.15, 0.2) is 0 Å². The third kappa shape index (κ3) is 5.39. The molecule has 2 N–H and O–H groups in total. The molecule has 2 rings (SSSR count). The van der Waals surface area contributed by atoms with E-state index in [1.54, 1.807) is 42.6 Å². The number of benzene rings is 1. The van der Waals surface area contributed by atoms with Crippen LogP contribution in [-0.4, -0.2) is 36.0 Å². The van der Waals surface area contributed by atoms with Crippen molar-refractivity contribution in [3.05, 3.63) is 59.9 Å². The molecule has 1 heterocycles. The van der Waals surface area contributed by atoms with Crippen molar-refractivity contribution in [2.24, 2.45) is 0 Å². The average molecular weight is 327 g/mol. The first-order valence-electron chi connectivity index (χ1n) is 7.79. The number of pyridine rings is 1. The molecule has 0 atom stereocenters. The molecule has 1 aromatic carbocycles. The van der Waals surface area contributed by atoms with Gasteiger partial charge in [-0.3, -0.25) is 14.6 Å². The first-order chi connectivity index (χ1) is 11.6. The number of nitrogens with one attached hydrogen (secondary N) is 2. The highest BCUT2D eigenvalue weighted by Crippen LogP contribution is 2.13. The van der Waals surface area contributed by atoms with Crippen LogP contribution < -0.4 is 15.4 Å². The Hall–Kier alpha value is -2.89. The lowest BCUT2D eigenvalue weighted by Gasteiger charge is -2.10. The minimum Gasteiger partial charge on any atom is -0.491 e. The number of aromatic nitrogens is 1. The number of amides is 2. The molecule has 6 nitrogen and oxygen atoms in total. The fraction of sp³-hybridized carbons (Fsp3) is 0.278. The van der Waals surface area contributed by atoms with Gasteiger partial charge in [0.05, 0.1) is 11.7 Å². The van der Waals surface area contributed by atoms with Crippen LogP contribution in [0.2, 0.25) is 0 Å². The Labute approximate surface area is 141 Å². The van der Waals surface area contributed by atoms with Crippen LogP contribution >= 0.6 is 0 Å². The van der Waals surface area contributed by atoms with Crippen molar-refractivity contribution in [3.63, 3.8) is 0 Å². The number of hydrogen-bond donors (Lipinski definition) is 2. The maximum absolute atomic E-state index is 12.0. The molecule has 126 valence electrons. The van der Waals surface area contributed by atoms with E-state index >= 15 is 0 Å². The van der Waals surface area contributed by atoms with Crippen molar-refractivity contribution in [3.8, 4) is 5.75 Å². The summed E-state index contributed by atoms with van der Waals surface area (Å²) in [6.45, 7) is 4.57. The predicted molar refractivity (Wildman–Crippen MR) is 91.1 cm³/mol. The second-order valence-electron chi connectivity index (χ2n) is 5.44. The van der Waals surface area contributed by atoms with Crippen LogP contribution in [0.4, 0.5) is 0 Å². The maximum Gasteiger partial charge on any atom is 0.252 e. The molecule has 2 aromatic rings. The van der Waals surface area contributed by atoms with Gasteiger partial charge in [0, 0.05) is 31.0 Å². The van der Waals surface area contributed by atoms with Gasteiger partial charge in [0.25, 0.3) is 11.8 Å². The molecule has 0 aliphatic heterocycles. The number of carbonyl (C=O) groups is 2. The van der Waals surface area contributed by atoms with Crippen LogP contribution in [0.25, 0.3) is 0 Å². The summed E-state index contributed by atoms with van der Waals surface area (Å²) in [4.78, 5) is 27.7. The Morgan fingerprint density at radius 1 is 1.00 bits per heavy atom. The standard InChI is InChI=1S/C18H21N3O3/c1-13(2)24-16-7-5-14(6-8-16)17(22)20-10-11-21-18(23)15-4-3-9-19-12-15/h3-9,12-13H,10-11H2,1-2H3,(H,20,22)(H,21,23). The van der Waals surface area contributed by atoms with Gasteiger partial charge >= 0.3 is 0 Å². The van der Waals surface area contributed by atoms with Gasteiger partial charge in [-0.1, -0.05) is 0 Å². The monoisotopic (exact) mass is 327 g/mol. The Morgan fingerprint density at radius 2 is 1.62 bits per heavy atom. The van der Waals surface area contributed by atoms with Crippen LogP contribution in [0.15, 0.2) is 48.8 Å². The van der Waals surface area contributed by atoms with Crippen LogP contribution in [0, 0.1) is 0 Å². The summed E-state index contributed by atoms with van der Waals surface area (Å²) in [5, 5.41) is 5.48. The third-order valence-corrected chi connectivity index (χ3v) is 3.11. The number of rotatable bonds is 7. The zero-order chi connectivity index (χ0) is 17.4. The van der Waals surface area contributed by atoms with Gasteiger partial charge in [-0.25, -0.2) is 0 Å². The predicted octanol–water partition coefficient (Wildman–Crippen LogP) is 2.03. The lowest BCUT2D eigenvalue weighted by molar-refractivity contribution is 0.0927. The fourth-order valence-electron chi connectivity index (χ4n) is 2.01. The molecular formula is C18H21N3O3. The molecular weight excluding hydrogens is 306 g/mol. The number of hydrogen-bond acceptors (Lipinski definition) is 4. The van der Waals surface area contributed by atoms with E-state index in [0.717, 1.165) is 5.75 Å². The molecule has 0 bridgehead atoms. The molecule has 0 saturated heterocycles. The molecule has 0 fully saturated rings. The highest BCUT2D eigenvalue weighted by molar-refractivity contribution is 5.95. The topological polar surface area (TPSA) is 80.3 Å². The van der Waals surface area contributed by atoms with Gasteiger partial charge in [-0.15, -0.1) is 0 Å². The molecule has 0 aliphatic rings. The van der Waals surface area contributed by atoms with Crippen molar-refractivity contribution >= 4 is 11.8 Å². The first-order valence-corrected chi connectivity index (χ1v) is 7.79. The van der Waals surface area contributed by atoms with E-state index in [0.29, 0.717) is 24.2 Å². The van der Waals surface area contributed by atoms with E-state index in [9.17, 15) is 9.59 Å². The number of carbonyl (C=O) groups excluding carboxylic acids is 2. The Bertz CT molecular complexity index is 670. The molecule has 2 amide bonds. The summed E-state index contributed by atoms with van der Waals surface area (Å²) >= 11 is 0. The number of ether oxygens (including phenoxy) is 1. The van der Waals surface area contributed by atoms with Gasteiger partial charge in [0.1, 0.15) is 5.75 Å². The maximum atomic E-state index is 12.0. The molecule has 0 radical (unpaired) electrons. The second kappa shape index (κ2) is 8.67. The summed E-state index contributed by atoms with van der Waals surface area (Å²) in [5.41, 5.74) is 1.04. The minimum absolute atomic E-state index is 0.0908. The molecule has 0 unspecified atom stereocenters. The van der Waals surface area contributed by atoms with E-state index in [4.69, 9.17) is 4.74 Å². The molecule has 1 aromatic heterocycles. The Morgan fingerprint density at radius 3 is 2.17 bits per heavy atom. The van der Waals surface area contributed by atoms with Crippen molar-refractivity contribution in [2.45, 2.75) is 20.0 Å². The summed E-state index contributed by atoms with van der Waals surface area (Å²) in [6, 6.07) is 10.3. The molecule has 0 spiro atoms. The van der Waals surface area contributed by atoms with E-state index < -0.39 is 0 Å². The van der Waals surface area contributed by atoms with Crippen LogP contribution in [0.5, 0.6) is 5.75 Å². The normalized spacial score (nSPS) is 10.3. The largest absolute Gasteiger partial charge is 0.491 e. The zero-order valence-corrected chi connectivity index (χ0v) is 13.8. The summed E-state index contributed by atoms with van der Waals surface area (Å²) < 4.78 is 5.53. The fourth-order valence-corrected chi connectivity index (χ4v) is 2.01. The molecule has 6 heteroatoms. The van der Waals surface area contributed by atoms with E-state index in [2.05, 4.69) is 15.6 Å². The van der Waals surface area contributed by atoms with Crippen LogP contribution in [-0.2, 0) is 0 Å². The van der Waals surface area contributed by atoms with Crippen molar-refractivity contribution < 1.29 is 14.3 Å². The number of nitrogens with zero attached hydrogens (tertiary/aromatic N) is 1. The van der Waals surface area contributed by atoms with Crippen LogP contribution in [0.3, 0.4) is 0 Å². The van der Waals surface area contributed by atoms with Gasteiger partial charge in [-0.05, 0) is 50.2 Å². The van der Waals surface area contributed by atoms with Crippen molar-refractivity contribution in [1.82, 2.24) is 15.6 Å². The summed E-state index contributed by atoms with van der Waals surface area (Å²) in [5.74, 6) is 0.319. The third-order valence-electron chi connectivity index (χ3n) is 3.11. The van der Waals surface area contributed by atoms with E-state index in [-0.39, 0.29) is 17.9 Å². The minimum atomic E-state index is -0.215. The van der Waals surface area contributed by atoms with Gasteiger partial charge < -0.3 is 15.4 Å². The molecule has 0 saturated carbocycles. The van der Waals surface area contributed by atoms with Gasteiger partial charge in [0.2, 0.25) is 0 Å². The summed E-state index contributed by atoms with van der Waals surface area (Å²) in [6.07, 6.45) is 3.19. The molecule has 0 aliphatic carbocycles. The van der Waals surface area contributed by atoms with Gasteiger partial charge in [-0.2, -0.15) is 0 Å².